The summed E-state index contributed by atoms with van der Waals surface area (Å²) in [6.07, 6.45) is 5.89. The van der Waals surface area contributed by atoms with Gasteiger partial charge in [-0.05, 0) is 30.5 Å². The highest BCUT2D eigenvalue weighted by molar-refractivity contribution is 7.15. The number of hydrogen-bond acceptors (Lipinski definition) is 4. The van der Waals surface area contributed by atoms with Gasteiger partial charge in [0.2, 0.25) is 0 Å². The molecule has 0 spiro atoms. The highest BCUT2D eigenvalue weighted by Gasteiger charge is 2.10. The number of piperidine rings is 1. The average Bonchev–Trinajstić information content (AvgIpc) is 2.96. The molecule has 0 atom stereocenters. The number of benzene rings is 1. The van der Waals surface area contributed by atoms with Crippen LogP contribution in [0.3, 0.4) is 0 Å². The minimum Gasteiger partial charge on any atom is -0.248 e. The summed E-state index contributed by atoms with van der Waals surface area (Å²) in [6, 6.07) is 7.92. The fraction of sp³-hybridized carbons (Fsp3) is 0.400. The first-order chi connectivity index (χ1) is 9.81. The summed E-state index contributed by atoms with van der Waals surface area (Å²) in [7, 11) is 0. The molecule has 0 aliphatic carbocycles. The molecule has 106 valence electrons. The molecule has 1 aromatic carbocycles. The molecule has 0 unspecified atom stereocenters. The lowest BCUT2D eigenvalue weighted by Crippen LogP contribution is -2.41. The van der Waals surface area contributed by atoms with Gasteiger partial charge in [-0.2, -0.15) is 0 Å². The molecule has 1 aromatic heterocycles. The van der Waals surface area contributed by atoms with Crippen molar-refractivity contribution in [3.05, 3.63) is 40.5 Å². The van der Waals surface area contributed by atoms with Crippen LogP contribution in [0.1, 0.15) is 24.3 Å². The smallest absolute Gasteiger partial charge is 0.108 e. The van der Waals surface area contributed by atoms with E-state index in [1.165, 1.54) is 29.7 Å². The first-order valence-corrected chi connectivity index (χ1v) is 8.20. The predicted molar refractivity (Wildman–Crippen MR) is 84.8 cm³/mol. The Morgan fingerprint density at radius 3 is 2.65 bits per heavy atom. The van der Waals surface area contributed by atoms with Gasteiger partial charge in [-0.1, -0.05) is 30.2 Å². The maximum Gasteiger partial charge on any atom is 0.108 e. The van der Waals surface area contributed by atoms with Gasteiger partial charge in [-0.15, -0.1) is 11.3 Å². The van der Waals surface area contributed by atoms with Crippen LogP contribution in [-0.4, -0.2) is 23.1 Å². The van der Waals surface area contributed by atoms with Crippen molar-refractivity contribution in [2.45, 2.75) is 25.8 Å². The Kier molecular flexibility index (Phi) is 4.68. The topological polar surface area (TPSA) is 28.2 Å². The molecule has 1 aliphatic rings. The summed E-state index contributed by atoms with van der Waals surface area (Å²) in [5.74, 6) is 0. The van der Waals surface area contributed by atoms with Crippen LogP contribution in [0.4, 0.5) is 0 Å². The zero-order valence-corrected chi connectivity index (χ0v) is 12.9. The molecule has 2 heterocycles. The summed E-state index contributed by atoms with van der Waals surface area (Å²) in [6.45, 7) is 3.11. The summed E-state index contributed by atoms with van der Waals surface area (Å²) in [5.41, 5.74) is 4.65. The largest absolute Gasteiger partial charge is 0.248 e. The van der Waals surface area contributed by atoms with Crippen molar-refractivity contribution < 1.29 is 0 Å². The fourth-order valence-corrected chi connectivity index (χ4v) is 3.35. The quantitative estimate of drug-likeness (QED) is 0.927. The number of rotatable bonds is 4. The van der Waals surface area contributed by atoms with Gasteiger partial charge in [-0.3, -0.25) is 0 Å². The van der Waals surface area contributed by atoms with E-state index < -0.39 is 0 Å². The SMILES string of the molecule is Clc1ccc(-c2cnc(CNN3CCCCC3)s2)cc1. The van der Waals surface area contributed by atoms with Gasteiger partial charge >= 0.3 is 0 Å². The van der Waals surface area contributed by atoms with Gasteiger partial charge in [0.1, 0.15) is 5.01 Å². The molecule has 0 amide bonds. The van der Waals surface area contributed by atoms with Crippen LogP contribution >= 0.6 is 22.9 Å². The van der Waals surface area contributed by atoms with E-state index in [2.05, 4.69) is 15.4 Å². The van der Waals surface area contributed by atoms with Crippen molar-refractivity contribution in [2.24, 2.45) is 0 Å². The second kappa shape index (κ2) is 6.68. The summed E-state index contributed by atoms with van der Waals surface area (Å²) in [4.78, 5) is 5.69. The third-order valence-corrected chi connectivity index (χ3v) is 4.79. The second-order valence-electron chi connectivity index (χ2n) is 5.01. The van der Waals surface area contributed by atoms with Crippen molar-refractivity contribution in [3.8, 4) is 10.4 Å². The van der Waals surface area contributed by atoms with Crippen LogP contribution < -0.4 is 5.43 Å². The van der Waals surface area contributed by atoms with Crippen LogP contribution in [-0.2, 0) is 6.54 Å². The molecule has 1 fully saturated rings. The first kappa shape index (κ1) is 14.0. The maximum atomic E-state index is 5.91. The number of aromatic nitrogens is 1. The van der Waals surface area contributed by atoms with Crippen LogP contribution in [0.25, 0.3) is 10.4 Å². The van der Waals surface area contributed by atoms with E-state index in [1.807, 2.05) is 30.5 Å². The molecular weight excluding hydrogens is 290 g/mol. The number of halogens is 1. The molecule has 2 aromatic rings. The van der Waals surface area contributed by atoms with Crippen molar-refractivity contribution in [2.75, 3.05) is 13.1 Å². The fourth-order valence-electron chi connectivity index (χ4n) is 2.37. The number of thiazole rings is 1. The average molecular weight is 308 g/mol. The molecule has 1 aliphatic heterocycles. The molecule has 3 rings (SSSR count). The Labute approximate surface area is 128 Å². The molecule has 1 N–H and O–H groups in total. The molecule has 0 radical (unpaired) electrons. The zero-order valence-electron chi connectivity index (χ0n) is 11.3. The Hall–Kier alpha value is -0.940. The van der Waals surface area contributed by atoms with Crippen LogP contribution in [0.15, 0.2) is 30.5 Å². The van der Waals surface area contributed by atoms with Crippen molar-refractivity contribution >= 4 is 22.9 Å². The minimum absolute atomic E-state index is 0.769. The number of hydrazine groups is 1. The van der Waals surface area contributed by atoms with Crippen molar-refractivity contribution in [3.63, 3.8) is 0 Å². The van der Waals surface area contributed by atoms with Crippen LogP contribution in [0.5, 0.6) is 0 Å². The molecule has 20 heavy (non-hydrogen) atoms. The predicted octanol–water partition coefficient (Wildman–Crippen LogP) is 3.95. The molecule has 5 heteroatoms. The van der Waals surface area contributed by atoms with Gasteiger partial charge in [0, 0.05) is 24.3 Å². The summed E-state index contributed by atoms with van der Waals surface area (Å²) in [5, 5.41) is 4.21. The van der Waals surface area contributed by atoms with Gasteiger partial charge in [-0.25, -0.2) is 15.4 Å². The van der Waals surface area contributed by atoms with E-state index in [1.54, 1.807) is 11.3 Å². The van der Waals surface area contributed by atoms with E-state index >= 15 is 0 Å². The van der Waals surface area contributed by atoms with E-state index in [4.69, 9.17) is 11.6 Å². The van der Waals surface area contributed by atoms with E-state index in [0.29, 0.717) is 0 Å². The van der Waals surface area contributed by atoms with E-state index in [0.717, 1.165) is 29.7 Å². The summed E-state index contributed by atoms with van der Waals surface area (Å²) >= 11 is 7.65. The standard InChI is InChI=1S/C15H18ClN3S/c16-13-6-4-12(5-7-13)14-10-17-15(20-14)11-18-19-8-2-1-3-9-19/h4-7,10,18H,1-3,8-9,11H2. The Balaban J connectivity index is 1.60. The zero-order chi connectivity index (χ0) is 13.8. The second-order valence-corrected chi connectivity index (χ2v) is 6.56. The van der Waals surface area contributed by atoms with Gasteiger partial charge in [0.05, 0.1) is 11.4 Å². The third-order valence-electron chi connectivity index (χ3n) is 3.49. The van der Waals surface area contributed by atoms with Crippen LogP contribution in [0, 0.1) is 0 Å². The number of nitrogens with zero attached hydrogens (tertiary/aromatic N) is 2. The first-order valence-electron chi connectivity index (χ1n) is 7.00. The van der Waals surface area contributed by atoms with Gasteiger partial charge < -0.3 is 0 Å². The number of hydrogen-bond donors (Lipinski definition) is 1. The van der Waals surface area contributed by atoms with Crippen LogP contribution in [0.2, 0.25) is 5.02 Å². The third kappa shape index (κ3) is 3.58. The van der Waals surface area contributed by atoms with Gasteiger partial charge in [0.15, 0.2) is 0 Å². The monoisotopic (exact) mass is 307 g/mol. The highest BCUT2D eigenvalue weighted by atomic mass is 35.5. The molecule has 1 saturated heterocycles. The summed E-state index contributed by atoms with van der Waals surface area (Å²) < 4.78 is 0. The number of nitrogens with one attached hydrogen (secondary N) is 1. The maximum absolute atomic E-state index is 5.91. The lowest BCUT2D eigenvalue weighted by atomic mass is 10.2. The minimum atomic E-state index is 0.769. The van der Waals surface area contributed by atoms with E-state index in [9.17, 15) is 0 Å². The lowest BCUT2D eigenvalue weighted by Gasteiger charge is -2.26. The van der Waals surface area contributed by atoms with Gasteiger partial charge in [0.25, 0.3) is 0 Å². The van der Waals surface area contributed by atoms with Crippen molar-refractivity contribution in [1.82, 2.24) is 15.4 Å². The molecule has 0 bridgehead atoms. The van der Waals surface area contributed by atoms with E-state index in [-0.39, 0.29) is 0 Å². The van der Waals surface area contributed by atoms with Crippen molar-refractivity contribution in [1.29, 1.82) is 0 Å². The lowest BCUT2D eigenvalue weighted by molar-refractivity contribution is 0.151. The Morgan fingerprint density at radius 2 is 1.90 bits per heavy atom. The molecule has 3 nitrogen and oxygen atoms in total. The molecular formula is C15H18ClN3S. The normalized spacial score (nSPS) is 16.4. The Bertz CT molecular complexity index is 547. The molecule has 0 saturated carbocycles. The Morgan fingerprint density at radius 1 is 1.15 bits per heavy atom. The highest BCUT2D eigenvalue weighted by Crippen LogP contribution is 2.27.